The van der Waals surface area contributed by atoms with Gasteiger partial charge in [-0.05, 0) is 55.4 Å². The van der Waals surface area contributed by atoms with Crippen LogP contribution in [0.15, 0.2) is 18.2 Å². The average molecular weight is 473 g/mol. The van der Waals surface area contributed by atoms with Gasteiger partial charge in [0, 0.05) is 31.4 Å². The number of nitrogens with one attached hydrogen (secondary N) is 1. The van der Waals surface area contributed by atoms with E-state index in [0.717, 1.165) is 36.8 Å². The molecule has 1 aliphatic carbocycles. The van der Waals surface area contributed by atoms with Crippen LogP contribution in [0.4, 0.5) is 5.69 Å². The molecule has 1 aromatic rings. The van der Waals surface area contributed by atoms with Crippen molar-refractivity contribution in [2.45, 2.75) is 62.3 Å². The molecule has 3 saturated heterocycles. The van der Waals surface area contributed by atoms with Crippen molar-refractivity contribution in [3.63, 3.8) is 0 Å². The highest BCUT2D eigenvalue weighted by Crippen LogP contribution is 2.44. The molecule has 0 aromatic heterocycles. The lowest BCUT2D eigenvalue weighted by molar-refractivity contribution is -0.141. The van der Waals surface area contributed by atoms with Crippen LogP contribution in [0.2, 0.25) is 0 Å². The molecule has 11 heteroatoms. The molecule has 0 radical (unpaired) electrons. The summed E-state index contributed by atoms with van der Waals surface area (Å²) in [5.74, 6) is -0.123. The van der Waals surface area contributed by atoms with Crippen molar-refractivity contribution in [1.82, 2.24) is 14.7 Å². The molecule has 176 valence electrons. The minimum Gasteiger partial charge on any atom is -0.330 e. The standard InChI is InChI=1S/C22H28N6O4S/c23-10-15-2-1-7-27(15)21(29)18(24)12-26-11-16-9-20(26)22(30)28(16)19-6-3-13-8-14(25-33(31)32)4-5-17(13)19/h4-5,8,15-16,18-20,25H,1-3,6-7,9,11-12,24H2,(H,31,32)/t15-,16-,18-,19+,20-/m0/s1. The number of nitriles is 1. The molecule has 3 aliphatic heterocycles. The van der Waals surface area contributed by atoms with Crippen LogP contribution >= 0.6 is 0 Å². The lowest BCUT2D eigenvalue weighted by Crippen LogP contribution is -2.56. The van der Waals surface area contributed by atoms with Crippen LogP contribution in [0.1, 0.15) is 42.9 Å². The maximum absolute atomic E-state index is 13.3. The number of nitrogens with zero attached hydrogens (tertiary/aromatic N) is 4. The molecule has 10 nitrogen and oxygen atoms in total. The summed E-state index contributed by atoms with van der Waals surface area (Å²) in [6, 6.07) is 6.46. The second kappa shape index (κ2) is 8.68. The SMILES string of the molecule is N#C[C@@H]1CCCN1C(=O)[C@@H](N)CN1C[C@@H]2C[C@H]1C(=O)N2[C@@H]1CCc2cc(NS(=O)O)ccc21. The highest BCUT2D eigenvalue weighted by Gasteiger charge is 2.53. The van der Waals surface area contributed by atoms with Crippen molar-refractivity contribution in [3.05, 3.63) is 29.3 Å². The molecule has 3 fully saturated rings. The number of rotatable bonds is 6. The molecule has 2 bridgehead atoms. The number of fused-ring (bicyclic) bond motifs is 3. The van der Waals surface area contributed by atoms with Gasteiger partial charge in [-0.25, -0.2) is 4.21 Å². The predicted octanol–water partition coefficient (Wildman–Crippen LogP) is 0.349. The summed E-state index contributed by atoms with van der Waals surface area (Å²) < 4.78 is 22.6. The van der Waals surface area contributed by atoms with Crippen LogP contribution in [0.3, 0.4) is 0 Å². The number of hydrogen-bond acceptors (Lipinski definition) is 6. The van der Waals surface area contributed by atoms with Crippen molar-refractivity contribution in [1.29, 1.82) is 5.26 Å². The first-order chi connectivity index (χ1) is 15.9. The van der Waals surface area contributed by atoms with Gasteiger partial charge in [0.25, 0.3) is 11.3 Å². The lowest BCUT2D eigenvalue weighted by atomic mass is 10.0. The van der Waals surface area contributed by atoms with Crippen molar-refractivity contribution in [2.75, 3.05) is 24.4 Å². The zero-order valence-corrected chi connectivity index (χ0v) is 19.0. The number of nitrogens with two attached hydrogens (primary N) is 1. The quantitative estimate of drug-likeness (QED) is 0.507. The third-order valence-electron chi connectivity index (χ3n) is 7.48. The summed E-state index contributed by atoms with van der Waals surface area (Å²) in [4.78, 5) is 31.7. The molecule has 1 unspecified atom stereocenters. The van der Waals surface area contributed by atoms with Gasteiger partial charge >= 0.3 is 0 Å². The van der Waals surface area contributed by atoms with E-state index >= 15 is 0 Å². The molecular weight excluding hydrogens is 444 g/mol. The predicted molar refractivity (Wildman–Crippen MR) is 121 cm³/mol. The Balaban J connectivity index is 1.24. The fourth-order valence-electron chi connectivity index (χ4n) is 6.06. The Morgan fingerprint density at radius 3 is 2.91 bits per heavy atom. The fourth-order valence-corrected chi connectivity index (χ4v) is 6.38. The molecule has 5 rings (SSSR count). The Hall–Kier alpha value is -2.52. The largest absolute Gasteiger partial charge is 0.330 e. The summed E-state index contributed by atoms with van der Waals surface area (Å²) in [5.41, 5.74) is 9.00. The Morgan fingerprint density at radius 1 is 1.36 bits per heavy atom. The maximum Gasteiger partial charge on any atom is 0.259 e. The Morgan fingerprint density at radius 2 is 2.18 bits per heavy atom. The van der Waals surface area contributed by atoms with E-state index in [1.807, 2.05) is 21.9 Å². The van der Waals surface area contributed by atoms with Crippen LogP contribution < -0.4 is 10.5 Å². The summed E-state index contributed by atoms with van der Waals surface area (Å²) in [6.45, 7) is 1.58. The van der Waals surface area contributed by atoms with E-state index in [1.165, 1.54) is 0 Å². The first kappa shape index (κ1) is 22.3. The molecule has 4 N–H and O–H groups in total. The summed E-state index contributed by atoms with van der Waals surface area (Å²) in [6.07, 6.45) is 3.89. The van der Waals surface area contributed by atoms with E-state index in [2.05, 4.69) is 10.8 Å². The summed E-state index contributed by atoms with van der Waals surface area (Å²) in [5, 5.41) is 9.25. The number of benzene rings is 1. The lowest BCUT2D eigenvalue weighted by Gasteiger charge is -2.38. The first-order valence-electron chi connectivity index (χ1n) is 11.4. The van der Waals surface area contributed by atoms with Gasteiger partial charge in [-0.2, -0.15) is 5.26 Å². The van der Waals surface area contributed by atoms with E-state index < -0.39 is 23.4 Å². The molecule has 4 aliphatic rings. The average Bonchev–Trinajstić information content (AvgIpc) is 3.55. The minimum atomic E-state index is -2.12. The monoisotopic (exact) mass is 472 g/mol. The van der Waals surface area contributed by atoms with Crippen LogP contribution in [-0.2, 0) is 27.3 Å². The molecule has 6 atom stereocenters. The van der Waals surface area contributed by atoms with Gasteiger partial charge in [0.2, 0.25) is 11.8 Å². The third-order valence-corrected chi connectivity index (χ3v) is 7.89. The topological polar surface area (TPSA) is 143 Å². The summed E-state index contributed by atoms with van der Waals surface area (Å²) >= 11 is -2.12. The van der Waals surface area contributed by atoms with E-state index in [9.17, 15) is 19.1 Å². The fraction of sp³-hybridized carbons (Fsp3) is 0.591. The number of piperazine rings is 1. The van der Waals surface area contributed by atoms with Gasteiger partial charge in [-0.1, -0.05) is 6.07 Å². The smallest absolute Gasteiger partial charge is 0.259 e. The van der Waals surface area contributed by atoms with Crippen LogP contribution in [0, 0.1) is 11.3 Å². The number of anilines is 1. The number of amides is 2. The number of hydrogen-bond donors (Lipinski definition) is 3. The molecule has 2 amide bonds. The van der Waals surface area contributed by atoms with Gasteiger partial charge in [-0.3, -0.25) is 23.8 Å². The van der Waals surface area contributed by atoms with Gasteiger partial charge < -0.3 is 15.5 Å². The van der Waals surface area contributed by atoms with E-state index in [-0.39, 0.29) is 29.9 Å². The van der Waals surface area contributed by atoms with Crippen LogP contribution in [-0.4, -0.2) is 79.1 Å². The number of carbonyl (C=O) groups is 2. The van der Waals surface area contributed by atoms with Crippen molar-refractivity contribution in [3.8, 4) is 6.07 Å². The third kappa shape index (κ3) is 3.91. The van der Waals surface area contributed by atoms with Crippen molar-refractivity contribution >= 4 is 28.8 Å². The van der Waals surface area contributed by atoms with Gasteiger partial charge in [0.05, 0.1) is 24.2 Å². The van der Waals surface area contributed by atoms with Crippen LogP contribution in [0.5, 0.6) is 0 Å². The zero-order chi connectivity index (χ0) is 23.3. The molecule has 1 aromatic carbocycles. The zero-order valence-electron chi connectivity index (χ0n) is 18.2. The molecule has 3 heterocycles. The Kier molecular flexibility index (Phi) is 5.86. The molecule has 33 heavy (non-hydrogen) atoms. The molecular formula is C22H28N6O4S. The van der Waals surface area contributed by atoms with Gasteiger partial charge in [0.1, 0.15) is 6.04 Å². The Bertz CT molecular complexity index is 1040. The van der Waals surface area contributed by atoms with E-state index in [1.54, 1.807) is 11.0 Å². The maximum atomic E-state index is 13.3. The first-order valence-corrected chi connectivity index (χ1v) is 12.5. The highest BCUT2D eigenvalue weighted by molar-refractivity contribution is 7.80. The number of aryl methyl sites for hydroxylation is 1. The minimum absolute atomic E-state index is 0.00890. The Labute approximate surface area is 195 Å². The second-order valence-corrected chi connectivity index (χ2v) is 10.1. The highest BCUT2D eigenvalue weighted by atomic mass is 32.2. The van der Waals surface area contributed by atoms with E-state index in [4.69, 9.17) is 10.3 Å². The van der Waals surface area contributed by atoms with Crippen molar-refractivity contribution < 1.29 is 18.4 Å². The van der Waals surface area contributed by atoms with Crippen molar-refractivity contribution in [2.24, 2.45) is 5.73 Å². The normalized spacial score (nSPS) is 30.4. The van der Waals surface area contributed by atoms with Gasteiger partial charge in [-0.15, -0.1) is 0 Å². The molecule has 0 saturated carbocycles. The van der Waals surface area contributed by atoms with E-state index in [0.29, 0.717) is 31.7 Å². The van der Waals surface area contributed by atoms with Crippen LogP contribution in [0.25, 0.3) is 0 Å². The second-order valence-electron chi connectivity index (χ2n) is 9.35. The number of likely N-dealkylation sites (tertiary alicyclic amines) is 3. The molecule has 0 spiro atoms. The number of carbonyl (C=O) groups excluding carboxylic acids is 2. The summed E-state index contributed by atoms with van der Waals surface area (Å²) in [7, 11) is 0. The van der Waals surface area contributed by atoms with Gasteiger partial charge in [0.15, 0.2) is 0 Å².